The molecule has 0 bridgehead atoms. The van der Waals surface area contributed by atoms with Gasteiger partial charge in [-0.2, -0.15) is 4.31 Å². The number of nitrogens with zero attached hydrogens (tertiary/aromatic N) is 1. The minimum absolute atomic E-state index is 0.204. The van der Waals surface area contributed by atoms with Crippen molar-refractivity contribution in [2.45, 2.75) is 18.4 Å². The van der Waals surface area contributed by atoms with E-state index in [0.29, 0.717) is 23.6 Å². The molecule has 1 N–H and O–H groups in total. The van der Waals surface area contributed by atoms with Gasteiger partial charge in [-0.25, -0.2) is 8.42 Å². The van der Waals surface area contributed by atoms with Crippen LogP contribution in [0.3, 0.4) is 0 Å². The van der Waals surface area contributed by atoms with Gasteiger partial charge in [-0.05, 0) is 48.9 Å². The number of nitrogens with one attached hydrogen (secondary N) is 1. The van der Waals surface area contributed by atoms with Crippen molar-refractivity contribution in [2.24, 2.45) is 0 Å². The summed E-state index contributed by atoms with van der Waals surface area (Å²) in [6, 6.07) is 22.4. The van der Waals surface area contributed by atoms with E-state index in [-0.39, 0.29) is 17.3 Å². The molecule has 0 unspecified atom stereocenters. The molecule has 0 heterocycles. The van der Waals surface area contributed by atoms with E-state index in [0.717, 1.165) is 5.56 Å². The van der Waals surface area contributed by atoms with Crippen LogP contribution in [0.25, 0.3) is 0 Å². The molecule has 0 saturated carbocycles. The summed E-state index contributed by atoms with van der Waals surface area (Å²) < 4.78 is 32.0. The molecule has 0 aliphatic heterocycles. The number of hydrogen-bond donors (Lipinski definition) is 1. The second-order valence-electron chi connectivity index (χ2n) is 6.69. The lowest BCUT2D eigenvalue weighted by atomic mass is 10.1. The summed E-state index contributed by atoms with van der Waals surface area (Å²) in [7, 11) is -2.04. The van der Waals surface area contributed by atoms with E-state index in [2.05, 4.69) is 5.32 Å². The Morgan fingerprint density at radius 1 is 0.967 bits per heavy atom. The number of hydrogen-bond acceptors (Lipinski definition) is 4. The molecular weight excluding hydrogens is 400 g/mol. The molecule has 1 amide bonds. The molecule has 7 heteroatoms. The Balaban J connectivity index is 1.66. The maximum absolute atomic E-state index is 12.6. The molecule has 0 aliphatic rings. The highest BCUT2D eigenvalue weighted by Crippen LogP contribution is 2.19. The highest BCUT2D eigenvalue weighted by molar-refractivity contribution is 7.89. The zero-order valence-electron chi connectivity index (χ0n) is 16.9. The number of anilines is 1. The molecule has 3 aromatic rings. The predicted molar refractivity (Wildman–Crippen MR) is 117 cm³/mol. The van der Waals surface area contributed by atoms with Gasteiger partial charge in [-0.1, -0.05) is 36.4 Å². The van der Waals surface area contributed by atoms with Gasteiger partial charge in [-0.3, -0.25) is 4.79 Å². The summed E-state index contributed by atoms with van der Waals surface area (Å²) >= 11 is 0. The molecule has 0 fully saturated rings. The lowest BCUT2D eigenvalue weighted by molar-refractivity contribution is 0.102. The number of benzene rings is 3. The number of rotatable bonds is 8. The fourth-order valence-corrected chi connectivity index (χ4v) is 4.09. The van der Waals surface area contributed by atoms with Crippen LogP contribution >= 0.6 is 0 Å². The first-order valence-corrected chi connectivity index (χ1v) is 11.0. The van der Waals surface area contributed by atoms with Crippen molar-refractivity contribution in [1.29, 1.82) is 0 Å². The fraction of sp³-hybridized carbons (Fsp3) is 0.174. The standard InChI is InChI=1S/C23H24N2O4S/c1-3-29-21-9-7-8-20(16-21)24-23(26)19-14-12-18(13-15-19)17-25(2)30(27,28)22-10-5-4-6-11-22/h4-16H,3,17H2,1-2H3,(H,24,26). The number of sulfonamides is 1. The van der Waals surface area contributed by atoms with Gasteiger partial charge in [-0.15, -0.1) is 0 Å². The van der Waals surface area contributed by atoms with Crippen LogP contribution in [-0.4, -0.2) is 32.3 Å². The van der Waals surface area contributed by atoms with Crippen molar-refractivity contribution >= 4 is 21.6 Å². The lowest BCUT2D eigenvalue weighted by Gasteiger charge is -2.17. The van der Waals surface area contributed by atoms with Crippen molar-refractivity contribution in [3.8, 4) is 5.75 Å². The van der Waals surface area contributed by atoms with Crippen LogP contribution in [-0.2, 0) is 16.6 Å². The van der Waals surface area contributed by atoms with Gasteiger partial charge in [0, 0.05) is 30.9 Å². The molecule has 6 nitrogen and oxygen atoms in total. The summed E-state index contributed by atoms with van der Waals surface area (Å²) in [6.07, 6.45) is 0. The Labute approximate surface area is 177 Å². The fourth-order valence-electron chi connectivity index (χ4n) is 2.91. The summed E-state index contributed by atoms with van der Waals surface area (Å²) in [5, 5.41) is 2.84. The van der Waals surface area contributed by atoms with Crippen LogP contribution in [0.5, 0.6) is 5.75 Å². The molecule has 0 atom stereocenters. The second kappa shape index (κ2) is 9.56. The van der Waals surface area contributed by atoms with Gasteiger partial charge in [0.2, 0.25) is 10.0 Å². The van der Waals surface area contributed by atoms with E-state index in [1.165, 1.54) is 11.4 Å². The molecule has 0 radical (unpaired) electrons. The number of carbonyl (C=O) groups excluding carboxylic acids is 1. The Hall–Kier alpha value is -3.16. The van der Waals surface area contributed by atoms with E-state index in [4.69, 9.17) is 4.74 Å². The quantitative estimate of drug-likeness (QED) is 0.589. The van der Waals surface area contributed by atoms with E-state index in [9.17, 15) is 13.2 Å². The van der Waals surface area contributed by atoms with E-state index in [1.54, 1.807) is 66.7 Å². The van der Waals surface area contributed by atoms with Crippen molar-refractivity contribution in [2.75, 3.05) is 19.0 Å². The van der Waals surface area contributed by atoms with Crippen LogP contribution in [0, 0.1) is 0 Å². The van der Waals surface area contributed by atoms with Crippen molar-refractivity contribution < 1.29 is 17.9 Å². The molecule has 30 heavy (non-hydrogen) atoms. The highest BCUT2D eigenvalue weighted by Gasteiger charge is 2.20. The number of carbonyl (C=O) groups is 1. The first kappa shape index (κ1) is 21.5. The van der Waals surface area contributed by atoms with Crippen molar-refractivity contribution in [3.63, 3.8) is 0 Å². The molecule has 0 aliphatic carbocycles. The third kappa shape index (κ3) is 5.25. The van der Waals surface area contributed by atoms with Crippen LogP contribution in [0.4, 0.5) is 5.69 Å². The maximum atomic E-state index is 12.6. The first-order chi connectivity index (χ1) is 14.4. The second-order valence-corrected chi connectivity index (χ2v) is 8.73. The van der Waals surface area contributed by atoms with Crippen LogP contribution in [0.15, 0.2) is 83.8 Å². The third-order valence-electron chi connectivity index (χ3n) is 4.48. The Bertz CT molecular complexity index is 1100. The summed E-state index contributed by atoms with van der Waals surface area (Å²) in [4.78, 5) is 12.8. The highest BCUT2D eigenvalue weighted by atomic mass is 32.2. The van der Waals surface area contributed by atoms with Crippen molar-refractivity contribution in [1.82, 2.24) is 4.31 Å². The SMILES string of the molecule is CCOc1cccc(NC(=O)c2ccc(CN(C)S(=O)(=O)c3ccccc3)cc2)c1. The molecular formula is C23H24N2O4S. The van der Waals surface area contributed by atoms with Gasteiger partial charge < -0.3 is 10.1 Å². The topological polar surface area (TPSA) is 75.7 Å². The Morgan fingerprint density at radius 3 is 2.33 bits per heavy atom. The molecule has 0 aromatic heterocycles. The third-order valence-corrected chi connectivity index (χ3v) is 6.29. The molecule has 3 aromatic carbocycles. The average molecular weight is 425 g/mol. The number of amides is 1. The normalized spacial score (nSPS) is 11.3. The zero-order chi connectivity index (χ0) is 21.6. The van der Waals surface area contributed by atoms with E-state index >= 15 is 0 Å². The smallest absolute Gasteiger partial charge is 0.255 e. The molecule has 156 valence electrons. The van der Waals surface area contributed by atoms with Crippen LogP contribution in [0.1, 0.15) is 22.8 Å². The minimum atomic E-state index is -3.57. The number of ether oxygens (including phenoxy) is 1. The monoisotopic (exact) mass is 424 g/mol. The van der Waals surface area contributed by atoms with Gasteiger partial charge in [0.1, 0.15) is 5.75 Å². The molecule has 3 rings (SSSR count). The van der Waals surface area contributed by atoms with Crippen molar-refractivity contribution in [3.05, 3.63) is 90.0 Å². The summed E-state index contributed by atoms with van der Waals surface area (Å²) in [5.41, 5.74) is 1.91. The van der Waals surface area contributed by atoms with Crippen LogP contribution < -0.4 is 10.1 Å². The Morgan fingerprint density at radius 2 is 1.67 bits per heavy atom. The minimum Gasteiger partial charge on any atom is -0.494 e. The van der Waals surface area contributed by atoms with Crippen LogP contribution in [0.2, 0.25) is 0 Å². The van der Waals surface area contributed by atoms with Gasteiger partial charge in [0.05, 0.1) is 11.5 Å². The molecule has 0 spiro atoms. The zero-order valence-corrected chi connectivity index (χ0v) is 17.7. The van der Waals surface area contributed by atoms with E-state index < -0.39 is 10.0 Å². The molecule has 0 saturated heterocycles. The van der Waals surface area contributed by atoms with E-state index in [1.807, 2.05) is 19.1 Å². The summed E-state index contributed by atoms with van der Waals surface area (Å²) in [5.74, 6) is 0.439. The lowest BCUT2D eigenvalue weighted by Crippen LogP contribution is -2.26. The first-order valence-electron chi connectivity index (χ1n) is 9.54. The predicted octanol–water partition coefficient (Wildman–Crippen LogP) is 4.16. The van der Waals surface area contributed by atoms with Gasteiger partial charge in [0.15, 0.2) is 0 Å². The largest absolute Gasteiger partial charge is 0.494 e. The summed E-state index contributed by atoms with van der Waals surface area (Å²) in [6.45, 7) is 2.65. The van der Waals surface area contributed by atoms with Gasteiger partial charge in [0.25, 0.3) is 5.91 Å². The average Bonchev–Trinajstić information content (AvgIpc) is 2.75. The maximum Gasteiger partial charge on any atom is 0.255 e. The Kier molecular flexibility index (Phi) is 6.87. The van der Waals surface area contributed by atoms with Gasteiger partial charge >= 0.3 is 0 Å².